The maximum Gasteiger partial charge on any atom is 0.274 e. The van der Waals surface area contributed by atoms with Crippen LogP contribution in [0.3, 0.4) is 0 Å². The van der Waals surface area contributed by atoms with Crippen molar-refractivity contribution in [3.63, 3.8) is 0 Å². The van der Waals surface area contributed by atoms with E-state index in [0.717, 1.165) is 0 Å². The van der Waals surface area contributed by atoms with Crippen LogP contribution in [0.5, 0.6) is 0 Å². The summed E-state index contributed by atoms with van der Waals surface area (Å²) in [5.41, 5.74) is 0.399. The Balaban J connectivity index is 2.86. The van der Waals surface area contributed by atoms with E-state index in [9.17, 15) is 4.79 Å². The van der Waals surface area contributed by atoms with Gasteiger partial charge in [0.05, 0.1) is 0 Å². The van der Waals surface area contributed by atoms with Crippen LogP contribution in [0, 0.1) is 5.41 Å². The first-order valence-corrected chi connectivity index (χ1v) is 6.06. The van der Waals surface area contributed by atoms with Gasteiger partial charge >= 0.3 is 0 Å². The lowest BCUT2D eigenvalue weighted by Crippen LogP contribution is -2.43. The van der Waals surface area contributed by atoms with Crippen LogP contribution in [0.4, 0.5) is 5.82 Å². The lowest BCUT2D eigenvalue weighted by molar-refractivity contribution is 0.0622. The van der Waals surface area contributed by atoms with E-state index >= 15 is 0 Å². The molecule has 1 atom stereocenters. The van der Waals surface area contributed by atoms with E-state index in [2.05, 4.69) is 36.3 Å². The van der Waals surface area contributed by atoms with Crippen LogP contribution in [0.15, 0.2) is 12.1 Å². The Bertz CT molecular complexity index is 408. The Morgan fingerprint density at radius 3 is 2.33 bits per heavy atom. The molecule has 1 heterocycles. The van der Waals surface area contributed by atoms with Gasteiger partial charge in [-0.15, -0.1) is 10.2 Å². The van der Waals surface area contributed by atoms with Gasteiger partial charge in [-0.1, -0.05) is 20.8 Å². The molecule has 1 amide bonds. The number of rotatable bonds is 3. The van der Waals surface area contributed by atoms with Crippen molar-refractivity contribution in [2.45, 2.75) is 33.7 Å². The average molecular weight is 250 g/mol. The second-order valence-electron chi connectivity index (χ2n) is 5.51. The zero-order valence-electron chi connectivity index (χ0n) is 12.0. The number of carbonyl (C=O) groups excluding carboxylic acids is 1. The number of amides is 1. The van der Waals surface area contributed by atoms with Crippen molar-refractivity contribution in [1.29, 1.82) is 0 Å². The summed E-state index contributed by atoms with van der Waals surface area (Å²) in [5, 5.41) is 10.7. The highest BCUT2D eigenvalue weighted by molar-refractivity contribution is 5.92. The fraction of sp³-hybridized carbons (Fsp3) is 0.615. The zero-order chi connectivity index (χ0) is 13.9. The first-order chi connectivity index (χ1) is 8.27. The van der Waals surface area contributed by atoms with Crippen LogP contribution in [0.25, 0.3) is 0 Å². The third-order valence-electron chi connectivity index (χ3n) is 3.29. The summed E-state index contributed by atoms with van der Waals surface area (Å²) in [6.45, 7) is 8.36. The van der Waals surface area contributed by atoms with E-state index in [1.807, 2.05) is 6.92 Å². The molecule has 1 N–H and O–H groups in total. The maximum atomic E-state index is 12.2. The number of nitrogens with zero attached hydrogens (tertiary/aromatic N) is 3. The molecule has 0 saturated carbocycles. The fourth-order valence-electron chi connectivity index (χ4n) is 1.52. The Morgan fingerprint density at radius 1 is 1.33 bits per heavy atom. The predicted octanol–water partition coefficient (Wildman–Crippen LogP) is 2.02. The molecule has 0 aliphatic rings. The van der Waals surface area contributed by atoms with Gasteiger partial charge in [-0.25, -0.2) is 0 Å². The molecule has 1 aromatic heterocycles. The van der Waals surface area contributed by atoms with Crippen molar-refractivity contribution >= 4 is 11.7 Å². The van der Waals surface area contributed by atoms with E-state index in [4.69, 9.17) is 0 Å². The molecule has 1 aromatic rings. The third kappa shape index (κ3) is 3.18. The normalized spacial score (nSPS) is 13.0. The van der Waals surface area contributed by atoms with Crippen LogP contribution in [0.2, 0.25) is 0 Å². The van der Waals surface area contributed by atoms with Crippen molar-refractivity contribution in [1.82, 2.24) is 15.1 Å². The van der Waals surface area contributed by atoms with Crippen LogP contribution in [0.1, 0.15) is 38.2 Å². The average Bonchev–Trinajstić information content (AvgIpc) is 2.35. The molecule has 18 heavy (non-hydrogen) atoms. The number of hydrogen-bond donors (Lipinski definition) is 1. The first kappa shape index (κ1) is 14.4. The molecule has 0 aliphatic heterocycles. The van der Waals surface area contributed by atoms with E-state index in [1.165, 1.54) is 0 Å². The largest absolute Gasteiger partial charge is 0.372 e. The van der Waals surface area contributed by atoms with Crippen LogP contribution < -0.4 is 5.32 Å². The Morgan fingerprint density at radius 2 is 1.94 bits per heavy atom. The Labute approximate surface area is 109 Å². The van der Waals surface area contributed by atoms with Crippen molar-refractivity contribution in [2.75, 3.05) is 19.4 Å². The summed E-state index contributed by atoms with van der Waals surface area (Å²) in [6.07, 6.45) is 0. The van der Waals surface area contributed by atoms with Crippen molar-refractivity contribution < 1.29 is 4.79 Å². The van der Waals surface area contributed by atoms with Gasteiger partial charge in [0.1, 0.15) is 5.82 Å². The van der Waals surface area contributed by atoms with Gasteiger partial charge in [-0.05, 0) is 24.5 Å². The highest BCUT2D eigenvalue weighted by Crippen LogP contribution is 2.23. The summed E-state index contributed by atoms with van der Waals surface area (Å²) in [6, 6.07) is 3.55. The van der Waals surface area contributed by atoms with E-state index in [0.29, 0.717) is 11.5 Å². The van der Waals surface area contributed by atoms with E-state index in [-0.39, 0.29) is 17.4 Å². The van der Waals surface area contributed by atoms with Gasteiger partial charge < -0.3 is 10.2 Å². The van der Waals surface area contributed by atoms with Gasteiger partial charge in [-0.3, -0.25) is 4.79 Å². The molecule has 0 bridgehead atoms. The minimum absolute atomic E-state index is 0.0305. The van der Waals surface area contributed by atoms with E-state index < -0.39 is 0 Å². The molecule has 0 aliphatic carbocycles. The topological polar surface area (TPSA) is 58.1 Å². The van der Waals surface area contributed by atoms with Crippen molar-refractivity contribution in [3.05, 3.63) is 17.8 Å². The number of aromatic nitrogens is 2. The van der Waals surface area contributed by atoms with E-state index in [1.54, 1.807) is 31.1 Å². The van der Waals surface area contributed by atoms with Gasteiger partial charge in [0.2, 0.25) is 0 Å². The molecule has 1 unspecified atom stereocenters. The smallest absolute Gasteiger partial charge is 0.274 e. The Hall–Kier alpha value is -1.65. The highest BCUT2D eigenvalue weighted by Gasteiger charge is 2.28. The molecule has 0 fully saturated rings. The molecule has 5 nitrogen and oxygen atoms in total. The number of anilines is 1. The second-order valence-corrected chi connectivity index (χ2v) is 5.51. The maximum absolute atomic E-state index is 12.2. The second kappa shape index (κ2) is 5.33. The molecule has 0 radical (unpaired) electrons. The third-order valence-corrected chi connectivity index (χ3v) is 3.29. The molecule has 100 valence electrons. The molecule has 0 saturated heterocycles. The zero-order valence-corrected chi connectivity index (χ0v) is 12.0. The molecule has 0 spiro atoms. The summed E-state index contributed by atoms with van der Waals surface area (Å²) >= 11 is 0. The van der Waals surface area contributed by atoms with Gasteiger partial charge in [0.25, 0.3) is 5.91 Å². The number of carbonyl (C=O) groups is 1. The summed E-state index contributed by atoms with van der Waals surface area (Å²) < 4.78 is 0. The SMILES string of the molecule is CNc1ccc(C(=O)N(C)C(C)C(C)(C)C)nn1. The summed E-state index contributed by atoms with van der Waals surface area (Å²) in [7, 11) is 3.56. The quantitative estimate of drug-likeness (QED) is 0.891. The summed E-state index contributed by atoms with van der Waals surface area (Å²) in [4.78, 5) is 13.9. The lowest BCUT2D eigenvalue weighted by atomic mass is 9.87. The first-order valence-electron chi connectivity index (χ1n) is 6.06. The van der Waals surface area contributed by atoms with Gasteiger partial charge in [0.15, 0.2) is 5.69 Å². The lowest BCUT2D eigenvalue weighted by Gasteiger charge is -2.35. The molecular weight excluding hydrogens is 228 g/mol. The van der Waals surface area contributed by atoms with Crippen molar-refractivity contribution in [2.24, 2.45) is 5.41 Å². The van der Waals surface area contributed by atoms with Gasteiger partial charge in [0, 0.05) is 20.1 Å². The molecular formula is C13H22N4O. The predicted molar refractivity (Wildman–Crippen MR) is 72.6 cm³/mol. The fourth-order valence-corrected chi connectivity index (χ4v) is 1.52. The number of hydrogen-bond acceptors (Lipinski definition) is 4. The number of nitrogens with one attached hydrogen (secondary N) is 1. The van der Waals surface area contributed by atoms with Crippen molar-refractivity contribution in [3.8, 4) is 0 Å². The highest BCUT2D eigenvalue weighted by atomic mass is 16.2. The molecule has 1 rings (SSSR count). The van der Waals surface area contributed by atoms with Crippen LogP contribution >= 0.6 is 0 Å². The Kier molecular flexibility index (Phi) is 4.27. The molecule has 0 aromatic carbocycles. The van der Waals surface area contributed by atoms with Crippen LogP contribution in [-0.4, -0.2) is 41.1 Å². The minimum atomic E-state index is -0.104. The molecule has 5 heteroatoms. The summed E-state index contributed by atoms with van der Waals surface area (Å²) in [5.74, 6) is 0.547. The monoisotopic (exact) mass is 250 g/mol. The van der Waals surface area contributed by atoms with Crippen LogP contribution in [-0.2, 0) is 0 Å². The van der Waals surface area contributed by atoms with Gasteiger partial charge in [-0.2, -0.15) is 0 Å². The minimum Gasteiger partial charge on any atom is -0.372 e. The standard InChI is InChI=1S/C13H22N4O/c1-9(13(2,3)4)17(6)12(18)10-7-8-11(14-5)16-15-10/h7-9H,1-6H3,(H,14,16).